The van der Waals surface area contributed by atoms with Crippen LogP contribution in [0, 0.1) is 5.82 Å². The van der Waals surface area contributed by atoms with Gasteiger partial charge in [0.05, 0.1) is 5.56 Å². The van der Waals surface area contributed by atoms with E-state index in [-0.39, 0.29) is 11.7 Å². The van der Waals surface area contributed by atoms with Crippen molar-refractivity contribution in [2.45, 2.75) is 12.8 Å². The molecule has 0 fully saturated rings. The van der Waals surface area contributed by atoms with Crippen molar-refractivity contribution in [2.24, 2.45) is 5.73 Å². The van der Waals surface area contributed by atoms with Crippen molar-refractivity contribution >= 4 is 21.8 Å². The predicted octanol–water partition coefficient (Wildman–Crippen LogP) is 2.06. The third-order valence-corrected chi connectivity index (χ3v) is 2.75. The molecule has 0 radical (unpaired) electrons. The molecule has 1 aromatic rings. The van der Waals surface area contributed by atoms with Gasteiger partial charge in [-0.3, -0.25) is 4.79 Å². The first-order valence-electron chi connectivity index (χ1n) is 5.08. The fourth-order valence-corrected chi connectivity index (χ4v) is 1.77. The molecule has 0 saturated heterocycles. The fraction of sp³-hybridized carbons (Fsp3) is 0.364. The van der Waals surface area contributed by atoms with Crippen LogP contribution >= 0.6 is 15.9 Å². The molecule has 1 aromatic carbocycles. The molecule has 16 heavy (non-hydrogen) atoms. The van der Waals surface area contributed by atoms with Gasteiger partial charge >= 0.3 is 0 Å². The molecule has 0 saturated carbocycles. The number of unbranched alkanes of at least 4 members (excludes halogenated alkanes) is 1. The van der Waals surface area contributed by atoms with E-state index in [9.17, 15) is 9.18 Å². The molecule has 0 heterocycles. The van der Waals surface area contributed by atoms with E-state index in [0.29, 0.717) is 23.1 Å². The molecule has 88 valence electrons. The third kappa shape index (κ3) is 3.90. The lowest BCUT2D eigenvalue weighted by molar-refractivity contribution is 0.0952. The smallest absolute Gasteiger partial charge is 0.252 e. The SMILES string of the molecule is NCCCCNC(=O)c1ccc(F)cc1Br. The summed E-state index contributed by atoms with van der Waals surface area (Å²) < 4.78 is 13.2. The normalized spacial score (nSPS) is 10.2. The van der Waals surface area contributed by atoms with Crippen molar-refractivity contribution in [3.05, 3.63) is 34.1 Å². The Morgan fingerprint density at radius 2 is 2.19 bits per heavy atom. The molecule has 5 heteroatoms. The molecule has 0 aliphatic carbocycles. The van der Waals surface area contributed by atoms with E-state index in [1.54, 1.807) is 0 Å². The minimum atomic E-state index is -0.369. The number of halogens is 2. The van der Waals surface area contributed by atoms with Gasteiger partial charge in [0.25, 0.3) is 5.91 Å². The van der Waals surface area contributed by atoms with Gasteiger partial charge in [-0.25, -0.2) is 4.39 Å². The van der Waals surface area contributed by atoms with Crippen molar-refractivity contribution in [1.29, 1.82) is 0 Å². The van der Waals surface area contributed by atoms with Crippen molar-refractivity contribution in [2.75, 3.05) is 13.1 Å². The average molecular weight is 289 g/mol. The number of hydrogen-bond acceptors (Lipinski definition) is 2. The van der Waals surface area contributed by atoms with Gasteiger partial charge in [0, 0.05) is 11.0 Å². The van der Waals surface area contributed by atoms with E-state index in [4.69, 9.17) is 5.73 Å². The lowest BCUT2D eigenvalue weighted by Crippen LogP contribution is -2.25. The standard InChI is InChI=1S/C11H14BrFN2O/c12-10-7-8(13)3-4-9(10)11(16)15-6-2-1-5-14/h3-4,7H,1-2,5-6,14H2,(H,15,16). The van der Waals surface area contributed by atoms with Gasteiger partial charge in [-0.15, -0.1) is 0 Å². The molecule has 1 rings (SSSR count). The Kier molecular flexibility index (Phi) is 5.42. The highest BCUT2D eigenvalue weighted by molar-refractivity contribution is 9.10. The second-order valence-corrected chi connectivity index (χ2v) is 4.23. The number of rotatable bonds is 5. The quantitative estimate of drug-likeness (QED) is 0.815. The average Bonchev–Trinajstić information content (AvgIpc) is 2.24. The Labute approximate surface area is 102 Å². The topological polar surface area (TPSA) is 55.1 Å². The van der Waals surface area contributed by atoms with Crippen LogP contribution in [0.3, 0.4) is 0 Å². The summed E-state index contributed by atoms with van der Waals surface area (Å²) in [6.45, 7) is 1.20. The number of hydrogen-bond donors (Lipinski definition) is 2. The second kappa shape index (κ2) is 6.60. The van der Waals surface area contributed by atoms with Gasteiger partial charge in [0.1, 0.15) is 5.82 Å². The number of nitrogens with one attached hydrogen (secondary N) is 1. The Balaban J connectivity index is 2.53. The van der Waals surface area contributed by atoms with Crippen LogP contribution in [0.25, 0.3) is 0 Å². The molecule has 1 amide bonds. The molecule has 0 spiro atoms. The van der Waals surface area contributed by atoms with Gasteiger partial charge in [0.15, 0.2) is 0 Å². The minimum absolute atomic E-state index is 0.205. The molecule has 0 unspecified atom stereocenters. The van der Waals surface area contributed by atoms with Crippen molar-refractivity contribution < 1.29 is 9.18 Å². The lowest BCUT2D eigenvalue weighted by atomic mass is 10.2. The van der Waals surface area contributed by atoms with Crippen LogP contribution < -0.4 is 11.1 Å². The minimum Gasteiger partial charge on any atom is -0.352 e. The maximum Gasteiger partial charge on any atom is 0.252 e. The molecular formula is C11H14BrFN2O. The van der Waals surface area contributed by atoms with Gasteiger partial charge in [0.2, 0.25) is 0 Å². The zero-order valence-corrected chi connectivity index (χ0v) is 10.4. The first-order chi connectivity index (χ1) is 7.65. The number of benzene rings is 1. The summed E-state index contributed by atoms with van der Waals surface area (Å²) in [5, 5.41) is 2.75. The zero-order valence-electron chi connectivity index (χ0n) is 8.80. The molecule has 3 N–H and O–H groups in total. The van der Waals surface area contributed by atoms with Crippen LogP contribution in [0.2, 0.25) is 0 Å². The number of nitrogens with two attached hydrogens (primary N) is 1. The summed E-state index contributed by atoms with van der Waals surface area (Å²) in [4.78, 5) is 11.6. The third-order valence-electron chi connectivity index (χ3n) is 2.09. The summed E-state index contributed by atoms with van der Waals surface area (Å²) >= 11 is 3.15. The molecule has 0 atom stereocenters. The Hall–Kier alpha value is -0.940. The summed E-state index contributed by atoms with van der Waals surface area (Å²) in [7, 11) is 0. The summed E-state index contributed by atoms with van der Waals surface area (Å²) in [5.74, 6) is -0.574. The van der Waals surface area contributed by atoms with E-state index in [1.807, 2.05) is 0 Å². The van der Waals surface area contributed by atoms with Crippen LogP contribution in [0.5, 0.6) is 0 Å². The highest BCUT2D eigenvalue weighted by Gasteiger charge is 2.09. The van der Waals surface area contributed by atoms with E-state index in [1.165, 1.54) is 18.2 Å². The number of carbonyl (C=O) groups is 1. The van der Waals surface area contributed by atoms with Gasteiger partial charge in [-0.2, -0.15) is 0 Å². The zero-order chi connectivity index (χ0) is 12.0. The largest absolute Gasteiger partial charge is 0.352 e. The Morgan fingerprint density at radius 3 is 2.81 bits per heavy atom. The maximum absolute atomic E-state index is 12.8. The van der Waals surface area contributed by atoms with Gasteiger partial charge in [-0.05, 0) is 53.5 Å². The Bertz CT molecular complexity index is 371. The number of amides is 1. The van der Waals surface area contributed by atoms with Crippen LogP contribution in [0.15, 0.2) is 22.7 Å². The van der Waals surface area contributed by atoms with Crippen molar-refractivity contribution in [3.63, 3.8) is 0 Å². The molecule has 3 nitrogen and oxygen atoms in total. The van der Waals surface area contributed by atoms with Crippen LogP contribution in [0.1, 0.15) is 23.2 Å². The fourth-order valence-electron chi connectivity index (χ4n) is 1.24. The van der Waals surface area contributed by atoms with E-state index < -0.39 is 0 Å². The molecule has 0 aliphatic rings. The summed E-state index contributed by atoms with van der Waals surface area (Å²) in [6.07, 6.45) is 1.73. The first-order valence-corrected chi connectivity index (χ1v) is 5.87. The van der Waals surface area contributed by atoms with E-state index >= 15 is 0 Å². The molecule has 0 bridgehead atoms. The molecule has 0 aliphatic heterocycles. The maximum atomic E-state index is 12.8. The van der Waals surface area contributed by atoms with E-state index in [0.717, 1.165) is 12.8 Å². The summed E-state index contributed by atoms with van der Waals surface area (Å²) in [6, 6.07) is 3.99. The second-order valence-electron chi connectivity index (χ2n) is 3.38. The van der Waals surface area contributed by atoms with Crippen LogP contribution in [-0.2, 0) is 0 Å². The highest BCUT2D eigenvalue weighted by Crippen LogP contribution is 2.17. The van der Waals surface area contributed by atoms with Crippen LogP contribution in [0.4, 0.5) is 4.39 Å². The highest BCUT2D eigenvalue weighted by atomic mass is 79.9. The number of carbonyl (C=O) groups excluding carboxylic acids is 1. The van der Waals surface area contributed by atoms with Gasteiger partial charge in [-0.1, -0.05) is 0 Å². The lowest BCUT2D eigenvalue weighted by Gasteiger charge is -2.06. The first kappa shape index (κ1) is 13.1. The van der Waals surface area contributed by atoms with Crippen LogP contribution in [-0.4, -0.2) is 19.0 Å². The van der Waals surface area contributed by atoms with E-state index in [2.05, 4.69) is 21.2 Å². The summed E-state index contributed by atoms with van der Waals surface area (Å²) in [5.41, 5.74) is 5.77. The molecular weight excluding hydrogens is 275 g/mol. The van der Waals surface area contributed by atoms with Crippen molar-refractivity contribution in [3.8, 4) is 0 Å². The monoisotopic (exact) mass is 288 g/mol. The molecule has 0 aromatic heterocycles. The Morgan fingerprint density at radius 1 is 1.44 bits per heavy atom. The van der Waals surface area contributed by atoms with Gasteiger partial charge < -0.3 is 11.1 Å². The predicted molar refractivity (Wildman–Crippen MR) is 64.7 cm³/mol. The van der Waals surface area contributed by atoms with Crippen molar-refractivity contribution in [1.82, 2.24) is 5.32 Å².